The molecule has 0 aromatic carbocycles. The van der Waals surface area contributed by atoms with Crippen LogP contribution in [0.15, 0.2) is 0 Å². The maximum absolute atomic E-state index is 13.1. The molecular weight excluding hydrogens is 313 g/mol. The Morgan fingerprint density at radius 2 is 1.44 bits per heavy atom. The Hall–Kier alpha value is 0.110. The quantitative estimate of drug-likeness (QED) is 0.458. The molecule has 1 nitrogen and oxygen atoms in total. The van der Waals surface area contributed by atoms with Crippen molar-refractivity contribution in [3.63, 3.8) is 0 Å². The number of aliphatic hydroxyl groups is 1. The molecule has 0 aromatic heterocycles. The fraction of sp³-hybridized carbons (Fsp3) is 1.00. The van der Waals surface area contributed by atoms with Crippen LogP contribution in [0.4, 0.5) is 30.7 Å². The monoisotopic (exact) mass is 322 g/mol. The summed E-state index contributed by atoms with van der Waals surface area (Å²) in [5.41, 5.74) is -5.22. The smallest absolute Gasteiger partial charge is 0.391 e. The summed E-state index contributed by atoms with van der Waals surface area (Å²) in [6, 6.07) is 0. The molecular formula is C8H10ClF7OS. The highest BCUT2D eigenvalue weighted by Crippen LogP contribution is 2.48. The van der Waals surface area contributed by atoms with Gasteiger partial charge in [0.2, 0.25) is 0 Å². The zero-order chi connectivity index (χ0) is 14.6. The third kappa shape index (κ3) is 4.65. The van der Waals surface area contributed by atoms with Crippen molar-refractivity contribution in [2.75, 3.05) is 17.4 Å². The van der Waals surface area contributed by atoms with Crippen molar-refractivity contribution < 1.29 is 35.8 Å². The maximum Gasteiger partial charge on any atom is 0.431 e. The van der Waals surface area contributed by atoms with E-state index in [0.717, 1.165) is 0 Å². The Labute approximate surface area is 108 Å². The molecule has 18 heavy (non-hydrogen) atoms. The number of hydrogen-bond donors (Lipinski definition) is 1. The summed E-state index contributed by atoms with van der Waals surface area (Å²) in [4.78, 5) is 0. The lowest BCUT2D eigenvalue weighted by molar-refractivity contribution is -0.341. The van der Waals surface area contributed by atoms with Crippen molar-refractivity contribution in [1.29, 1.82) is 0 Å². The lowest BCUT2D eigenvalue weighted by Crippen LogP contribution is -2.53. The van der Waals surface area contributed by atoms with Crippen molar-refractivity contribution in [3.05, 3.63) is 0 Å². The molecule has 10 heteroatoms. The highest BCUT2D eigenvalue weighted by atomic mass is 35.5. The van der Waals surface area contributed by atoms with Crippen LogP contribution in [0.3, 0.4) is 0 Å². The van der Waals surface area contributed by atoms with Gasteiger partial charge in [-0.15, -0.1) is 11.6 Å². The summed E-state index contributed by atoms with van der Waals surface area (Å²) >= 11 is 5.74. The Balaban J connectivity index is 4.48. The van der Waals surface area contributed by atoms with Crippen LogP contribution >= 0.6 is 23.4 Å². The second-order valence-corrected chi connectivity index (χ2v) is 4.89. The van der Waals surface area contributed by atoms with Crippen LogP contribution in [-0.2, 0) is 0 Å². The van der Waals surface area contributed by atoms with Crippen molar-refractivity contribution in [3.8, 4) is 0 Å². The van der Waals surface area contributed by atoms with E-state index < -0.39 is 36.3 Å². The molecule has 1 unspecified atom stereocenters. The summed E-state index contributed by atoms with van der Waals surface area (Å²) in [6.07, 6.45) is -14.8. The molecule has 0 radical (unpaired) electrons. The number of hydrogen-bond acceptors (Lipinski definition) is 2. The molecule has 0 rings (SSSR count). The molecule has 0 aliphatic heterocycles. The molecule has 0 saturated heterocycles. The number of halogens is 8. The van der Waals surface area contributed by atoms with E-state index in [-0.39, 0.29) is 11.6 Å². The van der Waals surface area contributed by atoms with Crippen molar-refractivity contribution >= 4 is 23.4 Å². The minimum atomic E-state index is -6.02. The average molecular weight is 323 g/mol. The molecule has 110 valence electrons. The zero-order valence-electron chi connectivity index (χ0n) is 8.78. The van der Waals surface area contributed by atoms with Crippen LogP contribution in [0.2, 0.25) is 0 Å². The minimum absolute atomic E-state index is 0.157. The highest BCUT2D eigenvalue weighted by Gasteiger charge is 2.71. The molecule has 1 N–H and O–H groups in total. The van der Waals surface area contributed by atoms with E-state index in [1.54, 1.807) is 0 Å². The summed E-state index contributed by atoms with van der Waals surface area (Å²) in [6.45, 7) is 0. The van der Waals surface area contributed by atoms with Gasteiger partial charge in [0.1, 0.15) is 0 Å². The fourth-order valence-corrected chi connectivity index (χ4v) is 2.14. The molecule has 0 aliphatic rings. The van der Waals surface area contributed by atoms with E-state index in [2.05, 4.69) is 0 Å². The molecule has 1 atom stereocenters. The molecule has 0 spiro atoms. The lowest BCUT2D eigenvalue weighted by atomic mass is 10.0. The molecule has 0 aliphatic carbocycles. The van der Waals surface area contributed by atoms with E-state index in [1.165, 1.54) is 0 Å². The summed E-state index contributed by atoms with van der Waals surface area (Å²) in [5, 5.41) is 8.92. The lowest BCUT2D eigenvalue weighted by Gasteiger charge is -2.29. The molecule has 0 heterocycles. The van der Waals surface area contributed by atoms with Gasteiger partial charge in [-0.3, -0.25) is 0 Å². The molecule has 0 saturated carbocycles. The van der Waals surface area contributed by atoms with Gasteiger partial charge >= 0.3 is 12.4 Å². The summed E-state index contributed by atoms with van der Waals surface area (Å²) in [7, 11) is 0. The van der Waals surface area contributed by atoms with Crippen LogP contribution in [0.25, 0.3) is 0 Å². The van der Waals surface area contributed by atoms with Crippen LogP contribution in [0, 0.1) is 0 Å². The van der Waals surface area contributed by atoms with Crippen molar-refractivity contribution in [1.82, 2.24) is 0 Å². The fourth-order valence-electron chi connectivity index (χ4n) is 0.921. The number of thioether (sulfide) groups is 1. The van der Waals surface area contributed by atoms with Gasteiger partial charge in [-0.2, -0.15) is 38.1 Å². The first-order valence-corrected chi connectivity index (χ1v) is 6.28. The van der Waals surface area contributed by atoms with E-state index in [0.29, 0.717) is 11.8 Å². The van der Waals surface area contributed by atoms with Crippen LogP contribution < -0.4 is 0 Å². The van der Waals surface area contributed by atoms with Crippen LogP contribution in [-0.4, -0.2) is 46.6 Å². The van der Waals surface area contributed by atoms with E-state index in [4.69, 9.17) is 16.7 Å². The van der Waals surface area contributed by atoms with Gasteiger partial charge in [0.05, 0.1) is 6.10 Å². The predicted molar refractivity (Wildman–Crippen MR) is 54.6 cm³/mol. The second-order valence-electron chi connectivity index (χ2n) is 3.43. The maximum atomic E-state index is 13.1. The molecule has 0 bridgehead atoms. The second kappa shape index (κ2) is 6.51. The van der Waals surface area contributed by atoms with Gasteiger partial charge in [-0.1, -0.05) is 0 Å². The van der Waals surface area contributed by atoms with Gasteiger partial charge in [-0.25, -0.2) is 4.39 Å². The van der Waals surface area contributed by atoms with Gasteiger partial charge in [0.15, 0.2) is 0 Å². The van der Waals surface area contributed by atoms with Gasteiger partial charge in [0.25, 0.3) is 5.67 Å². The van der Waals surface area contributed by atoms with Crippen LogP contribution in [0.5, 0.6) is 0 Å². The van der Waals surface area contributed by atoms with Gasteiger partial charge < -0.3 is 5.11 Å². The SMILES string of the molecule is OC(CCl)CSCCC(F)(C(F)(F)F)C(F)(F)F. The largest absolute Gasteiger partial charge is 0.431 e. The molecule has 0 amide bonds. The highest BCUT2D eigenvalue weighted by molar-refractivity contribution is 7.99. The van der Waals surface area contributed by atoms with Gasteiger partial charge in [0, 0.05) is 18.1 Å². The number of rotatable bonds is 6. The topological polar surface area (TPSA) is 20.2 Å². The average Bonchev–Trinajstić information content (AvgIpc) is 2.20. The number of aliphatic hydroxyl groups excluding tert-OH is 1. The molecule has 0 aromatic rings. The third-order valence-corrected chi connectivity index (χ3v) is 3.45. The van der Waals surface area contributed by atoms with E-state index in [1.807, 2.05) is 0 Å². The van der Waals surface area contributed by atoms with Crippen molar-refractivity contribution in [2.24, 2.45) is 0 Å². The normalized spacial score (nSPS) is 15.8. The predicted octanol–water partition coefficient (Wildman–Crippen LogP) is 3.54. The van der Waals surface area contributed by atoms with Gasteiger partial charge in [-0.05, 0) is 5.75 Å². The first kappa shape index (κ1) is 18.1. The Morgan fingerprint density at radius 1 is 1.00 bits per heavy atom. The zero-order valence-corrected chi connectivity index (χ0v) is 10.4. The summed E-state index contributed by atoms with van der Waals surface area (Å²) in [5.74, 6) is -1.09. The number of alkyl halides is 8. The van der Waals surface area contributed by atoms with E-state index >= 15 is 0 Å². The summed E-state index contributed by atoms with van der Waals surface area (Å²) < 4.78 is 85.5. The molecule has 0 fully saturated rings. The Morgan fingerprint density at radius 3 is 1.78 bits per heavy atom. The van der Waals surface area contributed by atoms with Crippen molar-refractivity contribution in [2.45, 2.75) is 30.5 Å². The van der Waals surface area contributed by atoms with E-state index in [9.17, 15) is 30.7 Å². The minimum Gasteiger partial charge on any atom is -0.391 e. The van der Waals surface area contributed by atoms with Crippen LogP contribution in [0.1, 0.15) is 6.42 Å². The first-order valence-electron chi connectivity index (χ1n) is 4.60. The first-order chi connectivity index (χ1) is 7.95. The Bertz CT molecular complexity index is 241. The third-order valence-electron chi connectivity index (χ3n) is 1.98. The Kier molecular flexibility index (Phi) is 6.55. The standard InChI is InChI=1S/C8H10ClF7OS/c9-3-5(17)4-18-2-1-6(10,7(11,12)13)8(14,15)16/h5,17H,1-4H2.